The minimum atomic E-state index is 0.323. The van der Waals surface area contributed by atoms with Crippen molar-refractivity contribution in [3.05, 3.63) is 18.1 Å². The number of hydrogen-bond donors (Lipinski definition) is 1. The predicted molar refractivity (Wildman–Crippen MR) is 77.7 cm³/mol. The molecule has 0 atom stereocenters. The molecular weight excluding hydrogens is 244 g/mol. The molecule has 0 radical (unpaired) electrons. The van der Waals surface area contributed by atoms with Crippen LogP contribution in [0.25, 0.3) is 0 Å². The Morgan fingerprint density at radius 2 is 1.94 bits per heavy atom. The highest BCUT2D eigenvalue weighted by molar-refractivity contribution is 7.80. The third kappa shape index (κ3) is 2.77. The van der Waals surface area contributed by atoms with Crippen molar-refractivity contribution < 1.29 is 0 Å². The second-order valence-electron chi connectivity index (χ2n) is 5.16. The molecule has 0 spiro atoms. The predicted octanol–water partition coefficient (Wildman–Crippen LogP) is 1.98. The Balaban J connectivity index is 2.12. The van der Waals surface area contributed by atoms with Crippen LogP contribution in [0.3, 0.4) is 0 Å². The first kappa shape index (κ1) is 13.2. The second kappa shape index (κ2) is 5.61. The van der Waals surface area contributed by atoms with E-state index in [1.165, 1.54) is 12.8 Å². The fraction of sp³-hybridized carbons (Fsp3) is 0.615. The van der Waals surface area contributed by atoms with E-state index in [0.717, 1.165) is 30.7 Å². The highest BCUT2D eigenvalue weighted by Crippen LogP contribution is 2.27. The molecule has 1 aromatic heterocycles. The first-order valence-corrected chi connectivity index (χ1v) is 6.86. The van der Waals surface area contributed by atoms with Crippen molar-refractivity contribution in [3.63, 3.8) is 0 Å². The van der Waals surface area contributed by atoms with Crippen molar-refractivity contribution in [3.8, 4) is 0 Å². The van der Waals surface area contributed by atoms with Crippen molar-refractivity contribution in [1.29, 1.82) is 0 Å². The van der Waals surface area contributed by atoms with E-state index < -0.39 is 0 Å². The molecule has 4 nitrogen and oxygen atoms in total. The number of nitrogens with zero attached hydrogens (tertiary/aromatic N) is 3. The lowest BCUT2D eigenvalue weighted by Gasteiger charge is -2.35. The van der Waals surface area contributed by atoms with Gasteiger partial charge in [0.05, 0.1) is 0 Å². The number of rotatable bonds is 3. The molecule has 1 fully saturated rings. The Labute approximate surface area is 114 Å². The molecule has 0 aliphatic carbocycles. The zero-order chi connectivity index (χ0) is 13.1. The number of aromatic nitrogens is 2. The fourth-order valence-corrected chi connectivity index (χ4v) is 2.66. The molecule has 0 amide bonds. The molecule has 0 bridgehead atoms. The van der Waals surface area contributed by atoms with Gasteiger partial charge in [-0.3, -0.25) is 0 Å². The summed E-state index contributed by atoms with van der Waals surface area (Å²) in [6.07, 6.45) is 5.74. The van der Waals surface area contributed by atoms with Crippen molar-refractivity contribution >= 4 is 23.0 Å². The topological polar surface area (TPSA) is 55.0 Å². The van der Waals surface area contributed by atoms with Crippen LogP contribution in [-0.2, 0) is 0 Å². The van der Waals surface area contributed by atoms with Gasteiger partial charge in [0.15, 0.2) is 5.82 Å². The smallest absolute Gasteiger partial charge is 0.157 e. The number of nitrogens with two attached hydrogens (primary N) is 1. The van der Waals surface area contributed by atoms with Gasteiger partial charge >= 0.3 is 0 Å². The number of thiocarbonyl (C=S) groups is 1. The van der Waals surface area contributed by atoms with E-state index in [1.54, 1.807) is 12.4 Å². The van der Waals surface area contributed by atoms with Crippen LogP contribution in [0.4, 0.5) is 5.82 Å². The minimum Gasteiger partial charge on any atom is -0.388 e. The number of piperidine rings is 1. The largest absolute Gasteiger partial charge is 0.388 e. The molecule has 2 rings (SSSR count). The van der Waals surface area contributed by atoms with Gasteiger partial charge in [-0.1, -0.05) is 26.1 Å². The maximum Gasteiger partial charge on any atom is 0.157 e. The zero-order valence-corrected chi connectivity index (χ0v) is 11.8. The van der Waals surface area contributed by atoms with Crippen LogP contribution in [0.1, 0.15) is 32.4 Å². The number of anilines is 1. The van der Waals surface area contributed by atoms with Crippen LogP contribution >= 0.6 is 12.2 Å². The lowest BCUT2D eigenvalue weighted by atomic mass is 9.87. The zero-order valence-electron chi connectivity index (χ0n) is 11.0. The van der Waals surface area contributed by atoms with E-state index in [4.69, 9.17) is 18.0 Å². The van der Waals surface area contributed by atoms with Crippen LogP contribution in [0, 0.1) is 11.8 Å². The van der Waals surface area contributed by atoms with Crippen LogP contribution < -0.4 is 10.6 Å². The first-order valence-electron chi connectivity index (χ1n) is 6.45. The summed E-state index contributed by atoms with van der Waals surface area (Å²) < 4.78 is 0. The van der Waals surface area contributed by atoms with Gasteiger partial charge in [0, 0.05) is 25.5 Å². The van der Waals surface area contributed by atoms with Gasteiger partial charge in [0.25, 0.3) is 0 Å². The monoisotopic (exact) mass is 264 g/mol. The first-order chi connectivity index (χ1) is 8.59. The van der Waals surface area contributed by atoms with E-state index in [1.807, 2.05) is 0 Å². The van der Waals surface area contributed by atoms with Crippen LogP contribution in [0.5, 0.6) is 0 Å². The van der Waals surface area contributed by atoms with Crippen LogP contribution in [0.2, 0.25) is 0 Å². The molecule has 0 aromatic carbocycles. The molecule has 1 aliphatic rings. The highest BCUT2D eigenvalue weighted by atomic mass is 32.1. The van der Waals surface area contributed by atoms with E-state index in [0.29, 0.717) is 10.7 Å². The van der Waals surface area contributed by atoms with Crippen molar-refractivity contribution in [2.75, 3.05) is 18.0 Å². The van der Waals surface area contributed by atoms with Gasteiger partial charge < -0.3 is 10.6 Å². The van der Waals surface area contributed by atoms with Crippen LogP contribution in [0.15, 0.2) is 12.4 Å². The molecule has 5 heteroatoms. The summed E-state index contributed by atoms with van der Waals surface area (Å²) in [7, 11) is 0. The maximum atomic E-state index is 5.70. The summed E-state index contributed by atoms with van der Waals surface area (Å²) >= 11 is 5.03. The van der Waals surface area contributed by atoms with Gasteiger partial charge in [-0.05, 0) is 24.7 Å². The molecular formula is C13H20N4S. The minimum absolute atomic E-state index is 0.323. The summed E-state index contributed by atoms with van der Waals surface area (Å²) in [6, 6.07) is 0. The summed E-state index contributed by atoms with van der Waals surface area (Å²) in [5.41, 5.74) is 6.35. The fourth-order valence-electron chi connectivity index (χ4n) is 2.51. The second-order valence-corrected chi connectivity index (χ2v) is 5.60. The Morgan fingerprint density at radius 1 is 1.33 bits per heavy atom. The molecule has 2 heterocycles. The average Bonchev–Trinajstić information content (AvgIpc) is 2.39. The molecule has 18 heavy (non-hydrogen) atoms. The SMILES string of the molecule is CC(C)C1CCN(c2nccnc2C(N)=S)CC1. The standard InChI is InChI=1S/C13H20N4S/c1-9(2)10-3-7-17(8-4-10)13-11(12(14)18)15-5-6-16-13/h5-6,9-10H,3-4,7-8H2,1-2H3,(H2,14,18). The van der Waals surface area contributed by atoms with Gasteiger partial charge in [0.1, 0.15) is 10.7 Å². The van der Waals surface area contributed by atoms with Crippen molar-refractivity contribution in [2.24, 2.45) is 17.6 Å². The molecule has 0 unspecified atom stereocenters. The normalized spacial score (nSPS) is 17.2. The third-order valence-corrected chi connectivity index (χ3v) is 3.89. The molecule has 1 aromatic rings. The Kier molecular flexibility index (Phi) is 4.11. The van der Waals surface area contributed by atoms with Gasteiger partial charge in [-0.2, -0.15) is 0 Å². The Morgan fingerprint density at radius 3 is 2.50 bits per heavy atom. The molecule has 1 aliphatic heterocycles. The maximum absolute atomic E-state index is 5.70. The molecule has 2 N–H and O–H groups in total. The highest BCUT2D eigenvalue weighted by Gasteiger charge is 2.24. The molecule has 98 valence electrons. The molecule has 0 saturated carbocycles. The lowest BCUT2D eigenvalue weighted by Crippen LogP contribution is -2.37. The van der Waals surface area contributed by atoms with Gasteiger partial charge in [-0.25, -0.2) is 9.97 Å². The average molecular weight is 264 g/mol. The lowest BCUT2D eigenvalue weighted by molar-refractivity contribution is 0.310. The van der Waals surface area contributed by atoms with Gasteiger partial charge in [0.2, 0.25) is 0 Å². The quantitative estimate of drug-likeness (QED) is 0.846. The van der Waals surface area contributed by atoms with Crippen LogP contribution in [-0.4, -0.2) is 28.0 Å². The van der Waals surface area contributed by atoms with Gasteiger partial charge in [-0.15, -0.1) is 0 Å². The Hall–Kier alpha value is -1.23. The van der Waals surface area contributed by atoms with E-state index in [2.05, 4.69) is 28.7 Å². The summed E-state index contributed by atoms with van der Waals surface area (Å²) in [4.78, 5) is 11.2. The summed E-state index contributed by atoms with van der Waals surface area (Å²) in [5, 5.41) is 0. The van der Waals surface area contributed by atoms with E-state index >= 15 is 0 Å². The molecule has 1 saturated heterocycles. The van der Waals surface area contributed by atoms with E-state index in [9.17, 15) is 0 Å². The Bertz CT molecular complexity index is 425. The number of hydrogen-bond acceptors (Lipinski definition) is 4. The summed E-state index contributed by atoms with van der Waals surface area (Å²) in [6.45, 7) is 6.61. The third-order valence-electron chi connectivity index (χ3n) is 3.69. The van der Waals surface area contributed by atoms with Crippen molar-refractivity contribution in [2.45, 2.75) is 26.7 Å². The summed E-state index contributed by atoms with van der Waals surface area (Å²) in [5.74, 6) is 2.41. The van der Waals surface area contributed by atoms with E-state index in [-0.39, 0.29) is 0 Å². The van der Waals surface area contributed by atoms with Crippen molar-refractivity contribution in [1.82, 2.24) is 9.97 Å².